The SMILES string of the molecule is CNC(Cc1cccc(OC)c1F)c1snnc1C(C)C. The molecular weight excluding hydrogens is 289 g/mol. The van der Waals surface area contributed by atoms with Gasteiger partial charge in [-0.25, -0.2) is 4.39 Å². The van der Waals surface area contributed by atoms with Crippen LogP contribution in [0.2, 0.25) is 0 Å². The van der Waals surface area contributed by atoms with Gasteiger partial charge in [-0.1, -0.05) is 30.5 Å². The third kappa shape index (κ3) is 3.39. The van der Waals surface area contributed by atoms with Crippen LogP contribution in [0.3, 0.4) is 0 Å². The summed E-state index contributed by atoms with van der Waals surface area (Å²) in [4.78, 5) is 1.06. The first-order valence-electron chi connectivity index (χ1n) is 6.89. The molecule has 1 heterocycles. The van der Waals surface area contributed by atoms with Crippen molar-refractivity contribution in [1.82, 2.24) is 14.9 Å². The monoisotopic (exact) mass is 309 g/mol. The molecule has 1 atom stereocenters. The fourth-order valence-corrected chi connectivity index (χ4v) is 3.18. The lowest BCUT2D eigenvalue weighted by molar-refractivity contribution is 0.383. The second kappa shape index (κ2) is 6.95. The average molecular weight is 309 g/mol. The van der Waals surface area contributed by atoms with Gasteiger partial charge in [-0.3, -0.25) is 0 Å². The van der Waals surface area contributed by atoms with Crippen LogP contribution in [0.25, 0.3) is 0 Å². The summed E-state index contributed by atoms with van der Waals surface area (Å²) in [5.74, 6) is 0.266. The highest BCUT2D eigenvalue weighted by molar-refractivity contribution is 7.05. The van der Waals surface area contributed by atoms with Crippen molar-refractivity contribution in [3.05, 3.63) is 40.2 Å². The highest BCUT2D eigenvalue weighted by Gasteiger charge is 2.22. The van der Waals surface area contributed by atoms with Gasteiger partial charge in [-0.15, -0.1) is 5.10 Å². The molecule has 1 N–H and O–H groups in total. The van der Waals surface area contributed by atoms with Crippen LogP contribution in [0.1, 0.15) is 41.9 Å². The standard InChI is InChI=1S/C15H20FN3OS/c1-9(2)14-15(21-19-18-14)11(17-3)8-10-6-5-7-12(20-4)13(10)16/h5-7,9,11,17H,8H2,1-4H3. The Hall–Kier alpha value is -1.53. The van der Waals surface area contributed by atoms with Crippen LogP contribution in [-0.4, -0.2) is 23.7 Å². The zero-order valence-electron chi connectivity index (χ0n) is 12.7. The van der Waals surface area contributed by atoms with Gasteiger partial charge >= 0.3 is 0 Å². The van der Waals surface area contributed by atoms with Gasteiger partial charge in [0.1, 0.15) is 0 Å². The van der Waals surface area contributed by atoms with Gasteiger partial charge in [0.15, 0.2) is 11.6 Å². The summed E-state index contributed by atoms with van der Waals surface area (Å²) in [5.41, 5.74) is 1.60. The number of halogens is 1. The minimum atomic E-state index is -0.302. The lowest BCUT2D eigenvalue weighted by atomic mass is 10.00. The molecule has 1 aromatic heterocycles. The molecule has 1 unspecified atom stereocenters. The van der Waals surface area contributed by atoms with E-state index in [1.807, 2.05) is 7.05 Å². The van der Waals surface area contributed by atoms with Crippen molar-refractivity contribution in [3.8, 4) is 5.75 Å². The molecule has 0 aliphatic carbocycles. The van der Waals surface area contributed by atoms with Crippen molar-refractivity contribution >= 4 is 11.5 Å². The predicted molar refractivity (Wildman–Crippen MR) is 82.5 cm³/mol. The van der Waals surface area contributed by atoms with E-state index in [-0.39, 0.29) is 17.6 Å². The number of methoxy groups -OCH3 is 1. The van der Waals surface area contributed by atoms with Crippen LogP contribution in [0.4, 0.5) is 4.39 Å². The smallest absolute Gasteiger partial charge is 0.168 e. The Morgan fingerprint density at radius 2 is 2.14 bits per heavy atom. The molecule has 0 aliphatic rings. The maximum Gasteiger partial charge on any atom is 0.168 e. The van der Waals surface area contributed by atoms with Gasteiger partial charge in [0, 0.05) is 6.04 Å². The first-order chi connectivity index (χ1) is 10.1. The zero-order valence-corrected chi connectivity index (χ0v) is 13.5. The first kappa shape index (κ1) is 15.9. The van der Waals surface area contributed by atoms with Crippen LogP contribution in [0, 0.1) is 5.82 Å². The zero-order chi connectivity index (χ0) is 15.4. The molecule has 21 heavy (non-hydrogen) atoms. The van der Waals surface area contributed by atoms with E-state index in [1.54, 1.807) is 18.2 Å². The van der Waals surface area contributed by atoms with E-state index in [2.05, 4.69) is 28.8 Å². The van der Waals surface area contributed by atoms with Crippen LogP contribution in [0.5, 0.6) is 5.75 Å². The van der Waals surface area contributed by atoms with Gasteiger partial charge in [-0.2, -0.15) is 0 Å². The van der Waals surface area contributed by atoms with E-state index in [0.717, 1.165) is 10.6 Å². The molecule has 0 amide bonds. The summed E-state index contributed by atoms with van der Waals surface area (Å²) >= 11 is 1.37. The number of likely N-dealkylation sites (N-methyl/N-ethyl adjacent to an activating group) is 1. The topological polar surface area (TPSA) is 47.0 Å². The van der Waals surface area contributed by atoms with Gasteiger partial charge in [-0.05, 0) is 42.5 Å². The second-order valence-corrected chi connectivity index (χ2v) is 5.94. The molecule has 0 radical (unpaired) electrons. The fraction of sp³-hybridized carbons (Fsp3) is 0.467. The van der Waals surface area contributed by atoms with E-state index in [0.29, 0.717) is 17.9 Å². The largest absolute Gasteiger partial charge is 0.494 e. The number of nitrogens with one attached hydrogen (secondary N) is 1. The highest BCUT2D eigenvalue weighted by atomic mass is 32.1. The molecule has 114 valence electrons. The molecule has 1 aromatic carbocycles. The number of aromatic nitrogens is 2. The lowest BCUT2D eigenvalue weighted by Gasteiger charge is -2.17. The number of nitrogens with zero attached hydrogens (tertiary/aromatic N) is 2. The first-order valence-corrected chi connectivity index (χ1v) is 7.66. The molecule has 6 heteroatoms. The summed E-state index contributed by atoms with van der Waals surface area (Å²) in [6.45, 7) is 4.16. The van der Waals surface area contributed by atoms with Gasteiger partial charge < -0.3 is 10.1 Å². The molecule has 0 aliphatic heterocycles. The summed E-state index contributed by atoms with van der Waals surface area (Å²) in [5, 5.41) is 7.43. The number of hydrogen-bond donors (Lipinski definition) is 1. The molecule has 0 spiro atoms. The second-order valence-electron chi connectivity index (χ2n) is 5.16. The minimum absolute atomic E-state index is 0.0102. The van der Waals surface area contributed by atoms with E-state index in [4.69, 9.17) is 4.74 Å². The van der Waals surface area contributed by atoms with Crippen LogP contribution < -0.4 is 10.1 Å². The summed E-state index contributed by atoms with van der Waals surface area (Å²) in [6, 6.07) is 5.20. The molecule has 0 fully saturated rings. The molecule has 4 nitrogen and oxygen atoms in total. The number of ether oxygens (including phenoxy) is 1. The van der Waals surface area contributed by atoms with Crippen molar-refractivity contribution in [1.29, 1.82) is 0 Å². The van der Waals surface area contributed by atoms with E-state index in [1.165, 1.54) is 18.6 Å². The Labute approximate surface area is 128 Å². The van der Waals surface area contributed by atoms with Gasteiger partial charge in [0.2, 0.25) is 0 Å². The van der Waals surface area contributed by atoms with Gasteiger partial charge in [0.25, 0.3) is 0 Å². The Bertz CT molecular complexity index is 600. The summed E-state index contributed by atoms with van der Waals surface area (Å²) in [7, 11) is 3.34. The quantitative estimate of drug-likeness (QED) is 0.889. The predicted octanol–water partition coefficient (Wildman–Crippen LogP) is 3.31. The lowest BCUT2D eigenvalue weighted by Crippen LogP contribution is -2.20. The maximum absolute atomic E-state index is 14.3. The normalized spacial score (nSPS) is 12.7. The van der Waals surface area contributed by atoms with Crippen molar-refractivity contribution in [2.24, 2.45) is 0 Å². The van der Waals surface area contributed by atoms with E-state index < -0.39 is 0 Å². The fourth-order valence-electron chi connectivity index (χ4n) is 2.26. The van der Waals surface area contributed by atoms with Crippen LogP contribution in [0.15, 0.2) is 18.2 Å². The summed E-state index contributed by atoms with van der Waals surface area (Å²) in [6.07, 6.45) is 0.531. The van der Waals surface area contributed by atoms with E-state index in [9.17, 15) is 4.39 Å². The van der Waals surface area contributed by atoms with Crippen LogP contribution in [-0.2, 0) is 6.42 Å². The molecule has 0 bridgehead atoms. The van der Waals surface area contributed by atoms with Crippen molar-refractivity contribution in [3.63, 3.8) is 0 Å². The van der Waals surface area contributed by atoms with Crippen molar-refractivity contribution in [2.45, 2.75) is 32.2 Å². The third-order valence-corrected chi connectivity index (χ3v) is 4.29. The molecule has 0 saturated carbocycles. The third-order valence-electron chi connectivity index (χ3n) is 3.44. The van der Waals surface area contributed by atoms with Gasteiger partial charge in [0.05, 0.1) is 17.7 Å². The summed E-state index contributed by atoms with van der Waals surface area (Å²) < 4.78 is 23.4. The van der Waals surface area contributed by atoms with Crippen LogP contribution >= 0.6 is 11.5 Å². The van der Waals surface area contributed by atoms with E-state index >= 15 is 0 Å². The molecule has 0 saturated heterocycles. The number of hydrogen-bond acceptors (Lipinski definition) is 5. The average Bonchev–Trinajstić information content (AvgIpc) is 2.95. The Kier molecular flexibility index (Phi) is 5.25. The van der Waals surface area contributed by atoms with Crippen molar-refractivity contribution in [2.75, 3.05) is 14.2 Å². The van der Waals surface area contributed by atoms with Crippen molar-refractivity contribution < 1.29 is 9.13 Å². The highest BCUT2D eigenvalue weighted by Crippen LogP contribution is 2.30. The number of rotatable bonds is 6. The maximum atomic E-state index is 14.3. The Balaban J connectivity index is 2.29. The number of benzene rings is 1. The Morgan fingerprint density at radius 1 is 1.38 bits per heavy atom. The molecular formula is C15H20FN3OS. The molecule has 2 aromatic rings. The molecule has 2 rings (SSSR count). The minimum Gasteiger partial charge on any atom is -0.494 e. The Morgan fingerprint density at radius 3 is 2.76 bits per heavy atom.